The minimum Gasteiger partial charge on any atom is -0.481 e. The first-order valence-electron chi connectivity index (χ1n) is 7.29. The second kappa shape index (κ2) is 6.04. The van der Waals surface area contributed by atoms with Gasteiger partial charge < -0.3 is 10.0 Å². The van der Waals surface area contributed by atoms with Crippen LogP contribution in [0.3, 0.4) is 0 Å². The molecule has 0 radical (unpaired) electrons. The molecule has 1 amide bonds. The molecule has 0 aliphatic carbocycles. The first-order chi connectivity index (χ1) is 11.0. The number of rotatable bonds is 3. The minimum absolute atomic E-state index is 0.0635. The topological polar surface area (TPSA) is 75.4 Å². The van der Waals surface area contributed by atoms with Crippen molar-refractivity contribution in [1.82, 2.24) is 14.7 Å². The summed E-state index contributed by atoms with van der Waals surface area (Å²) in [6.45, 7) is 2.50. The number of nitrogens with zero attached hydrogens (tertiary/aromatic N) is 3. The van der Waals surface area contributed by atoms with Gasteiger partial charge in [-0.2, -0.15) is 5.10 Å². The van der Waals surface area contributed by atoms with E-state index in [4.69, 9.17) is 16.7 Å². The molecule has 3 rings (SSSR count). The standard InChI is InChI=1S/C16H16ClN3O3/c1-10-8-19(9-13(10)16(22)23)15(21)14-5-6-20(18-14)12-4-2-3-11(17)7-12/h2-7,10,13H,8-9H2,1H3,(H,22,23)/t10-,13-/m1/s1. The van der Waals surface area contributed by atoms with E-state index in [2.05, 4.69) is 5.10 Å². The van der Waals surface area contributed by atoms with Crippen molar-refractivity contribution >= 4 is 23.5 Å². The van der Waals surface area contributed by atoms with Crippen molar-refractivity contribution in [2.45, 2.75) is 6.92 Å². The van der Waals surface area contributed by atoms with Gasteiger partial charge in [0, 0.05) is 24.3 Å². The molecule has 0 unspecified atom stereocenters. The lowest BCUT2D eigenvalue weighted by Gasteiger charge is -2.14. The summed E-state index contributed by atoms with van der Waals surface area (Å²) in [6, 6.07) is 8.79. The van der Waals surface area contributed by atoms with E-state index in [0.717, 1.165) is 5.69 Å². The van der Waals surface area contributed by atoms with E-state index in [1.807, 2.05) is 13.0 Å². The van der Waals surface area contributed by atoms with Crippen LogP contribution < -0.4 is 0 Å². The number of carboxylic acids is 1. The van der Waals surface area contributed by atoms with Crippen LogP contribution in [0.5, 0.6) is 0 Å². The molecule has 1 aromatic carbocycles. The largest absolute Gasteiger partial charge is 0.481 e. The fraction of sp³-hybridized carbons (Fsp3) is 0.312. The number of halogens is 1. The number of carboxylic acid groups (broad SMARTS) is 1. The van der Waals surface area contributed by atoms with Crippen molar-refractivity contribution in [2.24, 2.45) is 11.8 Å². The zero-order valence-corrected chi connectivity index (χ0v) is 13.3. The van der Waals surface area contributed by atoms with Crippen LogP contribution in [0.15, 0.2) is 36.5 Å². The Labute approximate surface area is 138 Å². The summed E-state index contributed by atoms with van der Waals surface area (Å²) in [6.07, 6.45) is 1.69. The van der Waals surface area contributed by atoms with Crippen LogP contribution in [0.25, 0.3) is 5.69 Å². The molecule has 6 nitrogen and oxygen atoms in total. The predicted molar refractivity (Wildman–Crippen MR) is 84.8 cm³/mol. The highest BCUT2D eigenvalue weighted by Crippen LogP contribution is 2.24. The molecular weight excluding hydrogens is 318 g/mol. The average Bonchev–Trinajstić information content (AvgIpc) is 3.13. The minimum atomic E-state index is -0.864. The van der Waals surface area contributed by atoms with E-state index in [-0.39, 0.29) is 18.4 Å². The Balaban J connectivity index is 1.78. The quantitative estimate of drug-likeness (QED) is 0.935. The van der Waals surface area contributed by atoms with Crippen molar-refractivity contribution in [3.63, 3.8) is 0 Å². The van der Waals surface area contributed by atoms with E-state index in [1.54, 1.807) is 40.0 Å². The lowest BCUT2D eigenvalue weighted by Crippen LogP contribution is -2.30. The van der Waals surface area contributed by atoms with E-state index < -0.39 is 11.9 Å². The van der Waals surface area contributed by atoms with Gasteiger partial charge in [-0.15, -0.1) is 0 Å². The van der Waals surface area contributed by atoms with E-state index >= 15 is 0 Å². The third kappa shape index (κ3) is 3.07. The fourth-order valence-corrected chi connectivity index (χ4v) is 3.00. The zero-order valence-electron chi connectivity index (χ0n) is 12.5. The molecule has 23 heavy (non-hydrogen) atoms. The maximum absolute atomic E-state index is 12.5. The molecule has 1 aliphatic heterocycles. The van der Waals surface area contributed by atoms with Gasteiger partial charge in [0.2, 0.25) is 0 Å². The summed E-state index contributed by atoms with van der Waals surface area (Å²) in [5.41, 5.74) is 1.05. The van der Waals surface area contributed by atoms with Crippen molar-refractivity contribution in [3.8, 4) is 5.69 Å². The van der Waals surface area contributed by atoms with Gasteiger partial charge >= 0.3 is 5.97 Å². The van der Waals surface area contributed by atoms with E-state index in [0.29, 0.717) is 17.3 Å². The van der Waals surface area contributed by atoms with Gasteiger partial charge in [0.25, 0.3) is 5.91 Å². The Bertz CT molecular complexity index is 759. The molecule has 0 saturated carbocycles. The number of aromatic nitrogens is 2. The van der Waals surface area contributed by atoms with Gasteiger partial charge in [-0.05, 0) is 30.2 Å². The van der Waals surface area contributed by atoms with Gasteiger partial charge in [0.1, 0.15) is 0 Å². The van der Waals surface area contributed by atoms with Gasteiger partial charge in [0.05, 0.1) is 11.6 Å². The van der Waals surface area contributed by atoms with Gasteiger partial charge in [-0.3, -0.25) is 9.59 Å². The van der Waals surface area contributed by atoms with Crippen molar-refractivity contribution in [2.75, 3.05) is 13.1 Å². The highest BCUT2D eigenvalue weighted by molar-refractivity contribution is 6.30. The first kappa shape index (κ1) is 15.6. The molecule has 2 aromatic rings. The van der Waals surface area contributed by atoms with E-state index in [1.165, 1.54) is 0 Å². The monoisotopic (exact) mass is 333 g/mol. The van der Waals surface area contributed by atoms with Gasteiger partial charge in [0.15, 0.2) is 5.69 Å². The molecule has 1 aliphatic rings. The van der Waals surface area contributed by atoms with Gasteiger partial charge in [-0.25, -0.2) is 4.68 Å². The molecule has 0 bridgehead atoms. The molecule has 7 heteroatoms. The van der Waals surface area contributed by atoms with Crippen molar-refractivity contribution in [1.29, 1.82) is 0 Å². The predicted octanol–water partition coefficient (Wildman–Crippen LogP) is 2.32. The number of amides is 1. The highest BCUT2D eigenvalue weighted by Gasteiger charge is 2.37. The third-order valence-electron chi connectivity index (χ3n) is 4.10. The van der Waals surface area contributed by atoms with Crippen LogP contribution in [0, 0.1) is 11.8 Å². The maximum Gasteiger partial charge on any atom is 0.308 e. The number of hydrogen-bond donors (Lipinski definition) is 1. The lowest BCUT2D eigenvalue weighted by molar-refractivity contribution is -0.142. The highest BCUT2D eigenvalue weighted by atomic mass is 35.5. The summed E-state index contributed by atoms with van der Waals surface area (Å²) in [4.78, 5) is 25.2. The average molecular weight is 334 g/mol. The molecule has 1 fully saturated rings. The Morgan fingerprint density at radius 3 is 2.74 bits per heavy atom. The molecular formula is C16H16ClN3O3. The molecule has 2 heterocycles. The second-order valence-electron chi connectivity index (χ2n) is 5.76. The fourth-order valence-electron chi connectivity index (χ4n) is 2.82. The summed E-state index contributed by atoms with van der Waals surface area (Å²) in [7, 11) is 0. The van der Waals surface area contributed by atoms with Gasteiger partial charge in [-0.1, -0.05) is 24.6 Å². The Morgan fingerprint density at radius 1 is 1.30 bits per heavy atom. The van der Waals surface area contributed by atoms with Crippen molar-refractivity contribution < 1.29 is 14.7 Å². The van der Waals surface area contributed by atoms with Crippen molar-refractivity contribution in [3.05, 3.63) is 47.2 Å². The number of hydrogen-bond acceptors (Lipinski definition) is 3. The number of likely N-dealkylation sites (tertiary alicyclic amines) is 1. The smallest absolute Gasteiger partial charge is 0.308 e. The van der Waals surface area contributed by atoms with Crippen LogP contribution in [0.2, 0.25) is 5.02 Å². The van der Waals surface area contributed by atoms with Crippen LogP contribution in [-0.4, -0.2) is 44.8 Å². The number of carbonyl (C=O) groups is 2. The van der Waals surface area contributed by atoms with E-state index in [9.17, 15) is 9.59 Å². The summed E-state index contributed by atoms with van der Waals surface area (Å²) in [5, 5.41) is 14.0. The SMILES string of the molecule is C[C@@H]1CN(C(=O)c2ccn(-c3cccc(Cl)c3)n2)C[C@H]1C(=O)O. The number of carbonyl (C=O) groups excluding carboxylic acids is 1. The molecule has 2 atom stereocenters. The second-order valence-corrected chi connectivity index (χ2v) is 6.19. The number of aliphatic carboxylic acids is 1. The summed E-state index contributed by atoms with van der Waals surface area (Å²) >= 11 is 5.96. The third-order valence-corrected chi connectivity index (χ3v) is 4.33. The van der Waals surface area contributed by atoms with Crippen LogP contribution in [0.4, 0.5) is 0 Å². The summed E-state index contributed by atoms with van der Waals surface area (Å²) < 4.78 is 1.58. The number of benzene rings is 1. The molecule has 120 valence electrons. The normalized spacial score (nSPS) is 20.7. The molecule has 0 spiro atoms. The first-order valence-corrected chi connectivity index (χ1v) is 7.67. The molecule has 1 N–H and O–H groups in total. The maximum atomic E-state index is 12.5. The zero-order chi connectivity index (χ0) is 16.6. The molecule has 1 saturated heterocycles. The Hall–Kier alpha value is -2.34. The molecule has 1 aromatic heterocycles. The Kier molecular flexibility index (Phi) is 4.09. The van der Waals surface area contributed by atoms with Crippen LogP contribution in [-0.2, 0) is 4.79 Å². The summed E-state index contributed by atoms with van der Waals surface area (Å²) in [5.74, 6) is -1.70. The Morgan fingerprint density at radius 2 is 2.09 bits per heavy atom. The van der Waals surface area contributed by atoms with Crippen LogP contribution >= 0.6 is 11.6 Å². The lowest BCUT2D eigenvalue weighted by atomic mass is 9.99. The van der Waals surface area contributed by atoms with Crippen LogP contribution in [0.1, 0.15) is 17.4 Å².